The van der Waals surface area contributed by atoms with Crippen molar-refractivity contribution in [2.45, 2.75) is 51.2 Å². The summed E-state index contributed by atoms with van der Waals surface area (Å²) in [5, 5.41) is 7.15. The topological polar surface area (TPSA) is 43.3 Å². The fourth-order valence-corrected chi connectivity index (χ4v) is 5.60. The highest BCUT2D eigenvalue weighted by molar-refractivity contribution is 6.05. The van der Waals surface area contributed by atoms with E-state index in [4.69, 9.17) is 19.5 Å². The average molecular weight is 473 g/mol. The van der Waals surface area contributed by atoms with Crippen molar-refractivity contribution >= 4 is 16.5 Å². The lowest BCUT2D eigenvalue weighted by atomic mass is 9.87. The summed E-state index contributed by atoms with van der Waals surface area (Å²) in [6.07, 6.45) is 7.77. The van der Waals surface area contributed by atoms with Gasteiger partial charge < -0.3 is 14.3 Å². The third-order valence-corrected chi connectivity index (χ3v) is 7.58. The number of ether oxygens (including phenoxy) is 2. The minimum atomic E-state index is 0.371. The summed E-state index contributed by atoms with van der Waals surface area (Å²) in [6, 6.07) is 21.5. The molecule has 1 unspecified atom stereocenters. The molecule has 1 aliphatic heterocycles. The van der Waals surface area contributed by atoms with Crippen molar-refractivity contribution in [3.05, 3.63) is 71.8 Å². The number of oxime groups is 1. The molecular formula is C30H36N2O3. The lowest BCUT2D eigenvalue weighted by Gasteiger charge is -2.37. The molecule has 184 valence electrons. The van der Waals surface area contributed by atoms with Gasteiger partial charge in [0, 0.05) is 24.1 Å². The predicted molar refractivity (Wildman–Crippen MR) is 141 cm³/mol. The molecule has 1 atom stereocenters. The van der Waals surface area contributed by atoms with Gasteiger partial charge in [-0.05, 0) is 78.9 Å². The maximum absolute atomic E-state index is 5.98. The van der Waals surface area contributed by atoms with Crippen LogP contribution in [0.1, 0.15) is 49.7 Å². The number of nitrogens with zero attached hydrogens (tertiary/aromatic N) is 2. The summed E-state index contributed by atoms with van der Waals surface area (Å²) in [5.74, 6) is 2.09. The van der Waals surface area contributed by atoms with E-state index in [1.807, 2.05) is 30.3 Å². The van der Waals surface area contributed by atoms with Crippen LogP contribution in [0.5, 0.6) is 11.5 Å². The van der Waals surface area contributed by atoms with E-state index < -0.39 is 0 Å². The lowest BCUT2D eigenvalue weighted by Crippen LogP contribution is -2.43. The maximum atomic E-state index is 5.98. The van der Waals surface area contributed by atoms with Gasteiger partial charge in [-0.2, -0.15) is 0 Å². The van der Waals surface area contributed by atoms with E-state index in [0.29, 0.717) is 12.5 Å². The fourth-order valence-electron chi connectivity index (χ4n) is 5.60. The summed E-state index contributed by atoms with van der Waals surface area (Å²) in [4.78, 5) is 8.70. The van der Waals surface area contributed by atoms with Crippen molar-refractivity contribution in [2.24, 2.45) is 11.1 Å². The van der Waals surface area contributed by atoms with E-state index in [0.717, 1.165) is 47.3 Å². The fraction of sp³-hybridized carbons (Fsp3) is 0.433. The molecule has 0 bridgehead atoms. The Hall–Kier alpha value is -3.05. The number of hydrogen-bond donors (Lipinski definition) is 0. The molecule has 3 aromatic rings. The Labute approximate surface area is 208 Å². The first kappa shape index (κ1) is 23.7. The Bertz CT molecular complexity index is 1150. The molecular weight excluding hydrogens is 436 g/mol. The van der Waals surface area contributed by atoms with Gasteiger partial charge in [-0.1, -0.05) is 48.3 Å². The molecule has 0 spiro atoms. The second kappa shape index (κ2) is 11.1. The zero-order chi connectivity index (χ0) is 24.0. The highest BCUT2D eigenvalue weighted by atomic mass is 16.6. The molecule has 5 heteroatoms. The van der Waals surface area contributed by atoms with Gasteiger partial charge in [0.15, 0.2) is 0 Å². The van der Waals surface area contributed by atoms with Crippen LogP contribution in [0.15, 0.2) is 65.8 Å². The van der Waals surface area contributed by atoms with Gasteiger partial charge in [-0.15, -0.1) is 0 Å². The predicted octanol–water partition coefficient (Wildman–Crippen LogP) is 6.43. The molecule has 2 aliphatic rings. The maximum Gasteiger partial charge on any atom is 0.142 e. The molecule has 5 nitrogen and oxygen atoms in total. The second-order valence-corrected chi connectivity index (χ2v) is 9.80. The van der Waals surface area contributed by atoms with Crippen LogP contribution in [-0.2, 0) is 11.4 Å². The van der Waals surface area contributed by atoms with Gasteiger partial charge in [0.25, 0.3) is 0 Å². The molecule has 1 heterocycles. The van der Waals surface area contributed by atoms with Crippen molar-refractivity contribution in [1.82, 2.24) is 4.90 Å². The number of fused-ring (bicyclic) bond motifs is 1. The monoisotopic (exact) mass is 472 g/mol. The van der Waals surface area contributed by atoms with E-state index in [1.54, 1.807) is 14.2 Å². The smallest absolute Gasteiger partial charge is 0.142 e. The molecule has 5 rings (SSSR count). The number of hydrogen-bond acceptors (Lipinski definition) is 5. The van der Waals surface area contributed by atoms with Gasteiger partial charge in [-0.25, -0.2) is 0 Å². The van der Waals surface area contributed by atoms with Gasteiger partial charge in [0.2, 0.25) is 0 Å². The number of piperidine rings is 1. The zero-order valence-corrected chi connectivity index (χ0v) is 20.9. The number of likely N-dealkylation sites (tertiary alicyclic amines) is 1. The molecule has 0 N–H and O–H groups in total. The van der Waals surface area contributed by atoms with E-state index in [1.165, 1.54) is 49.4 Å². The van der Waals surface area contributed by atoms with Gasteiger partial charge in [-0.3, -0.25) is 4.90 Å². The van der Waals surface area contributed by atoms with Gasteiger partial charge in [0.05, 0.1) is 19.9 Å². The minimum absolute atomic E-state index is 0.371. The van der Waals surface area contributed by atoms with E-state index in [9.17, 15) is 0 Å². The molecule has 0 amide bonds. The van der Waals surface area contributed by atoms with Crippen LogP contribution < -0.4 is 9.47 Å². The molecule has 1 saturated heterocycles. The average Bonchev–Trinajstić information content (AvgIpc) is 3.46. The summed E-state index contributed by atoms with van der Waals surface area (Å²) in [7, 11) is 3.39. The zero-order valence-electron chi connectivity index (χ0n) is 20.9. The normalized spacial score (nSPS) is 19.7. The summed E-state index contributed by atoms with van der Waals surface area (Å²) in [5.41, 5.74) is 3.30. The molecule has 35 heavy (non-hydrogen) atoms. The van der Waals surface area contributed by atoms with Crippen LogP contribution in [0, 0.1) is 5.92 Å². The molecule has 0 aromatic heterocycles. The molecule has 2 fully saturated rings. The first-order valence-corrected chi connectivity index (χ1v) is 12.9. The van der Waals surface area contributed by atoms with Crippen molar-refractivity contribution < 1.29 is 14.3 Å². The summed E-state index contributed by atoms with van der Waals surface area (Å²) in [6.45, 7) is 2.71. The Balaban J connectivity index is 1.40. The number of rotatable bonds is 8. The van der Waals surface area contributed by atoms with Crippen LogP contribution in [-0.4, -0.2) is 44.0 Å². The minimum Gasteiger partial charge on any atom is -0.497 e. The highest BCUT2D eigenvalue weighted by Gasteiger charge is 2.31. The third kappa shape index (κ3) is 5.62. The van der Waals surface area contributed by atoms with Crippen molar-refractivity contribution in [1.29, 1.82) is 0 Å². The van der Waals surface area contributed by atoms with Crippen LogP contribution in [0.4, 0.5) is 0 Å². The second-order valence-electron chi connectivity index (χ2n) is 9.80. The molecule has 3 aromatic carbocycles. The first-order valence-electron chi connectivity index (χ1n) is 12.9. The Morgan fingerprint density at radius 2 is 1.54 bits per heavy atom. The quantitative estimate of drug-likeness (QED) is 0.280. The van der Waals surface area contributed by atoms with Crippen LogP contribution in [0.3, 0.4) is 0 Å². The van der Waals surface area contributed by atoms with Crippen molar-refractivity contribution in [2.75, 3.05) is 27.3 Å². The third-order valence-electron chi connectivity index (χ3n) is 7.58. The Morgan fingerprint density at radius 3 is 2.31 bits per heavy atom. The summed E-state index contributed by atoms with van der Waals surface area (Å²) < 4.78 is 10.7. The number of benzene rings is 3. The molecule has 0 radical (unpaired) electrons. The highest BCUT2D eigenvalue weighted by Crippen LogP contribution is 2.31. The van der Waals surface area contributed by atoms with Crippen LogP contribution in [0.2, 0.25) is 0 Å². The standard InChI is InChI=1S/C30H36N2O3/c1-33-28-14-9-22(10-15-28)21-35-31-30(26-6-5-17-32(20-26)27-7-3-4-8-27)25-12-11-24-19-29(34-2)16-13-23(24)18-25/h9-16,18-19,26-27H,3-8,17,20-21H2,1-2H3/b31-30-. The largest absolute Gasteiger partial charge is 0.497 e. The van der Waals surface area contributed by atoms with Gasteiger partial charge in [0.1, 0.15) is 18.1 Å². The van der Waals surface area contributed by atoms with Gasteiger partial charge >= 0.3 is 0 Å². The molecule has 1 saturated carbocycles. The summed E-state index contributed by atoms with van der Waals surface area (Å²) >= 11 is 0. The van der Waals surface area contributed by atoms with Crippen molar-refractivity contribution in [3.8, 4) is 11.5 Å². The lowest BCUT2D eigenvalue weighted by molar-refractivity contribution is 0.121. The SMILES string of the molecule is COc1ccc(CO/N=C(/c2ccc3cc(OC)ccc3c2)C2CCCN(C3CCCC3)C2)cc1. The van der Waals surface area contributed by atoms with Crippen LogP contribution >= 0.6 is 0 Å². The molecule has 1 aliphatic carbocycles. The van der Waals surface area contributed by atoms with Crippen molar-refractivity contribution in [3.63, 3.8) is 0 Å². The number of methoxy groups -OCH3 is 2. The van der Waals surface area contributed by atoms with E-state index in [2.05, 4.69) is 35.2 Å². The Morgan fingerprint density at radius 1 is 0.829 bits per heavy atom. The van der Waals surface area contributed by atoms with E-state index in [-0.39, 0.29) is 0 Å². The first-order chi connectivity index (χ1) is 17.2. The Kier molecular flexibility index (Phi) is 7.53. The van der Waals surface area contributed by atoms with Crippen LogP contribution in [0.25, 0.3) is 10.8 Å². The van der Waals surface area contributed by atoms with E-state index >= 15 is 0 Å².